The van der Waals surface area contributed by atoms with Crippen molar-refractivity contribution >= 4 is 11.9 Å². The van der Waals surface area contributed by atoms with Crippen LogP contribution in [0.4, 0.5) is 0 Å². The Morgan fingerprint density at radius 2 is 1.07 bits per heavy atom. The van der Waals surface area contributed by atoms with Gasteiger partial charge in [0.15, 0.2) is 0 Å². The zero-order chi connectivity index (χ0) is 12.1. The van der Waals surface area contributed by atoms with Crippen LogP contribution in [0.3, 0.4) is 0 Å². The molecule has 5 heteroatoms. The van der Waals surface area contributed by atoms with Crippen molar-refractivity contribution in [3.05, 3.63) is 0 Å². The number of carboxylic acids is 2. The monoisotopic (exact) mass is 219 g/mol. The summed E-state index contributed by atoms with van der Waals surface area (Å²) in [5, 5.41) is 16.6. The van der Waals surface area contributed by atoms with Crippen LogP contribution in [0.15, 0.2) is 0 Å². The van der Waals surface area contributed by atoms with Gasteiger partial charge in [-0.3, -0.25) is 9.59 Å². The fourth-order valence-corrected chi connectivity index (χ4v) is 1.08. The van der Waals surface area contributed by atoms with E-state index in [1.54, 1.807) is 0 Å². The number of carbonyl (C=O) groups is 2. The van der Waals surface area contributed by atoms with E-state index in [1.807, 2.05) is 0 Å². The molecule has 5 nitrogen and oxygen atoms in total. The number of hydrogen-bond acceptors (Lipinski definition) is 3. The van der Waals surface area contributed by atoms with Gasteiger partial charge in [-0.25, -0.2) is 0 Å². The second-order valence-corrected chi connectivity index (χ2v) is 3.06. The molecule has 0 spiro atoms. The Kier molecular flexibility index (Phi) is 14.0. The van der Waals surface area contributed by atoms with Crippen LogP contribution in [0, 0.1) is 0 Å². The van der Waals surface area contributed by atoms with Crippen LogP contribution >= 0.6 is 0 Å². The zero-order valence-corrected chi connectivity index (χ0v) is 9.24. The molecule has 0 aliphatic rings. The molecule has 0 bridgehead atoms. The minimum atomic E-state index is -0.759. The lowest BCUT2D eigenvalue weighted by molar-refractivity contribution is -0.138. The highest BCUT2D eigenvalue weighted by atomic mass is 16.4. The van der Waals surface area contributed by atoms with Crippen LogP contribution in [-0.2, 0) is 9.59 Å². The first-order valence-electron chi connectivity index (χ1n) is 5.14. The highest BCUT2D eigenvalue weighted by molar-refractivity contribution is 5.66. The third-order valence-electron chi connectivity index (χ3n) is 1.78. The van der Waals surface area contributed by atoms with Crippen molar-refractivity contribution in [1.82, 2.24) is 0 Å². The first-order valence-corrected chi connectivity index (χ1v) is 5.14. The molecule has 90 valence electrons. The lowest BCUT2D eigenvalue weighted by atomic mass is 10.1. The summed E-state index contributed by atoms with van der Waals surface area (Å²) in [6, 6.07) is 0. The second-order valence-electron chi connectivity index (χ2n) is 3.06. The van der Waals surface area contributed by atoms with E-state index < -0.39 is 11.9 Å². The third-order valence-corrected chi connectivity index (χ3v) is 1.78. The van der Waals surface area contributed by atoms with Gasteiger partial charge in [-0.2, -0.15) is 0 Å². The summed E-state index contributed by atoms with van der Waals surface area (Å²) in [7, 11) is 1.50. The van der Waals surface area contributed by atoms with E-state index in [2.05, 4.69) is 5.73 Å². The van der Waals surface area contributed by atoms with E-state index in [1.165, 1.54) is 7.05 Å². The summed E-state index contributed by atoms with van der Waals surface area (Å²) in [5.74, 6) is -1.52. The molecule has 0 saturated heterocycles. The number of carboxylic acid groups (broad SMARTS) is 2. The number of nitrogens with two attached hydrogens (primary N) is 1. The van der Waals surface area contributed by atoms with Gasteiger partial charge in [0.2, 0.25) is 0 Å². The summed E-state index contributed by atoms with van der Waals surface area (Å²) in [4.78, 5) is 20.2. The van der Waals surface area contributed by atoms with Crippen LogP contribution in [0.1, 0.15) is 44.9 Å². The molecule has 0 fully saturated rings. The fraction of sp³-hybridized carbons (Fsp3) is 0.800. The molecule has 0 unspecified atom stereocenters. The molecule has 4 N–H and O–H groups in total. The fourth-order valence-electron chi connectivity index (χ4n) is 1.08. The number of aliphatic carboxylic acids is 2. The van der Waals surface area contributed by atoms with E-state index in [-0.39, 0.29) is 12.8 Å². The maximum absolute atomic E-state index is 10.1. The molecule has 0 aromatic rings. The Morgan fingerprint density at radius 1 is 0.800 bits per heavy atom. The summed E-state index contributed by atoms with van der Waals surface area (Å²) in [5.41, 5.74) is 4.50. The van der Waals surface area contributed by atoms with Gasteiger partial charge in [0.05, 0.1) is 0 Å². The highest BCUT2D eigenvalue weighted by Gasteiger charge is 1.98. The topological polar surface area (TPSA) is 101 Å². The van der Waals surface area contributed by atoms with Crippen molar-refractivity contribution in [2.45, 2.75) is 44.9 Å². The van der Waals surface area contributed by atoms with Crippen molar-refractivity contribution in [1.29, 1.82) is 0 Å². The number of unbranched alkanes of at least 4 members (excludes halogenated alkanes) is 4. The first kappa shape index (κ1) is 16.3. The van der Waals surface area contributed by atoms with Crippen LogP contribution in [0.25, 0.3) is 0 Å². The predicted octanol–water partition coefficient (Wildman–Crippen LogP) is 1.46. The van der Waals surface area contributed by atoms with Gasteiger partial charge in [-0.1, -0.05) is 19.3 Å². The number of hydrogen-bond donors (Lipinski definition) is 3. The van der Waals surface area contributed by atoms with Crippen LogP contribution in [0.2, 0.25) is 0 Å². The molecule has 0 atom stereocenters. The Morgan fingerprint density at radius 3 is 1.33 bits per heavy atom. The normalized spacial score (nSPS) is 8.93. The molecule has 0 aromatic carbocycles. The Hall–Kier alpha value is -1.10. The van der Waals surface area contributed by atoms with Crippen molar-refractivity contribution in [3.8, 4) is 0 Å². The highest BCUT2D eigenvalue weighted by Crippen LogP contribution is 2.06. The van der Waals surface area contributed by atoms with Gasteiger partial charge in [0, 0.05) is 12.8 Å². The summed E-state index contributed by atoms with van der Waals surface area (Å²) in [6.07, 6.45) is 4.53. The third kappa shape index (κ3) is 19.3. The Labute approximate surface area is 90.3 Å². The molecule has 15 heavy (non-hydrogen) atoms. The maximum atomic E-state index is 10.1. The van der Waals surface area contributed by atoms with Crippen LogP contribution in [-0.4, -0.2) is 29.2 Å². The molecule has 0 aliphatic heterocycles. The lowest BCUT2D eigenvalue weighted by Crippen LogP contribution is -1.95. The molecule has 0 saturated carbocycles. The zero-order valence-electron chi connectivity index (χ0n) is 9.24. The smallest absolute Gasteiger partial charge is 0.303 e. The quantitative estimate of drug-likeness (QED) is 0.536. The van der Waals surface area contributed by atoms with E-state index >= 15 is 0 Å². The average molecular weight is 219 g/mol. The minimum Gasteiger partial charge on any atom is -0.481 e. The second kappa shape index (κ2) is 12.9. The Bertz CT molecular complexity index is 153. The molecule has 0 heterocycles. The molecule has 0 aliphatic carbocycles. The Balaban J connectivity index is 0. The summed E-state index contributed by atoms with van der Waals surface area (Å²) < 4.78 is 0. The van der Waals surface area contributed by atoms with Crippen LogP contribution in [0.5, 0.6) is 0 Å². The molecule has 0 radical (unpaired) electrons. The van der Waals surface area contributed by atoms with E-state index in [0.717, 1.165) is 19.3 Å². The largest absolute Gasteiger partial charge is 0.481 e. The van der Waals surface area contributed by atoms with Gasteiger partial charge in [-0.15, -0.1) is 0 Å². The average Bonchev–Trinajstić information content (AvgIpc) is 2.18. The van der Waals surface area contributed by atoms with E-state index in [9.17, 15) is 9.59 Å². The molecule has 0 aromatic heterocycles. The van der Waals surface area contributed by atoms with Gasteiger partial charge in [0.1, 0.15) is 0 Å². The summed E-state index contributed by atoms with van der Waals surface area (Å²) in [6.45, 7) is 0. The SMILES string of the molecule is CN.O=C(O)CCCCCCCC(=O)O. The standard InChI is InChI=1S/C9H16O4.CH5N/c10-8(11)6-4-2-1-3-5-7-9(12)13;1-2/h1-7H2,(H,10,11)(H,12,13);2H2,1H3. The molecular formula is C10H21NO4. The van der Waals surface area contributed by atoms with Crippen molar-refractivity contribution in [2.24, 2.45) is 5.73 Å². The van der Waals surface area contributed by atoms with Crippen molar-refractivity contribution < 1.29 is 19.8 Å². The molecule has 0 rings (SSSR count). The minimum absolute atomic E-state index is 0.221. The number of rotatable bonds is 8. The molecule has 0 amide bonds. The van der Waals surface area contributed by atoms with E-state index in [0.29, 0.717) is 12.8 Å². The van der Waals surface area contributed by atoms with Gasteiger partial charge in [-0.05, 0) is 19.9 Å². The lowest BCUT2D eigenvalue weighted by Gasteiger charge is -1.97. The van der Waals surface area contributed by atoms with Gasteiger partial charge in [0.25, 0.3) is 0 Å². The van der Waals surface area contributed by atoms with Crippen LogP contribution < -0.4 is 5.73 Å². The first-order chi connectivity index (χ1) is 7.13. The molecular weight excluding hydrogens is 198 g/mol. The predicted molar refractivity (Wildman–Crippen MR) is 57.7 cm³/mol. The maximum Gasteiger partial charge on any atom is 0.303 e. The van der Waals surface area contributed by atoms with E-state index in [4.69, 9.17) is 10.2 Å². The van der Waals surface area contributed by atoms with Crippen molar-refractivity contribution in [3.63, 3.8) is 0 Å². The van der Waals surface area contributed by atoms with Gasteiger partial charge >= 0.3 is 11.9 Å². The van der Waals surface area contributed by atoms with Gasteiger partial charge < -0.3 is 15.9 Å². The summed E-state index contributed by atoms with van der Waals surface area (Å²) >= 11 is 0. The van der Waals surface area contributed by atoms with Crippen molar-refractivity contribution in [2.75, 3.05) is 7.05 Å².